The lowest BCUT2D eigenvalue weighted by Crippen LogP contribution is -2.29. The summed E-state index contributed by atoms with van der Waals surface area (Å²) in [5, 5.41) is 4.63. The molecule has 0 aromatic carbocycles. The van der Waals surface area contributed by atoms with Crippen LogP contribution in [-0.4, -0.2) is 38.8 Å². The zero-order valence-electron chi connectivity index (χ0n) is 12.5. The Morgan fingerprint density at radius 1 is 1.35 bits per heavy atom. The lowest BCUT2D eigenvalue weighted by Gasteiger charge is -2.26. The summed E-state index contributed by atoms with van der Waals surface area (Å²) in [7, 11) is 4.25. The van der Waals surface area contributed by atoms with Gasteiger partial charge >= 0.3 is 0 Å². The highest BCUT2D eigenvalue weighted by Gasteiger charge is 2.25. The van der Waals surface area contributed by atoms with Crippen molar-refractivity contribution < 1.29 is 4.74 Å². The number of thiazole rings is 1. The van der Waals surface area contributed by atoms with Crippen molar-refractivity contribution in [3.05, 3.63) is 10.6 Å². The number of ether oxygens (including phenoxy) is 1. The van der Waals surface area contributed by atoms with E-state index in [0.717, 1.165) is 32.1 Å². The number of hydrogen-bond acceptors (Lipinski definition) is 5. The van der Waals surface area contributed by atoms with Crippen LogP contribution in [0.2, 0.25) is 0 Å². The van der Waals surface area contributed by atoms with Crippen molar-refractivity contribution in [2.24, 2.45) is 5.92 Å². The molecular weight excluding hydrogens is 270 g/mol. The fourth-order valence-corrected chi connectivity index (χ4v) is 4.47. The quantitative estimate of drug-likeness (QED) is 0.926. The second-order valence-electron chi connectivity index (χ2n) is 5.98. The van der Waals surface area contributed by atoms with E-state index in [9.17, 15) is 0 Å². The first-order valence-electron chi connectivity index (χ1n) is 7.73. The highest BCUT2D eigenvalue weighted by atomic mass is 32.1. The van der Waals surface area contributed by atoms with Crippen molar-refractivity contribution >= 4 is 16.5 Å². The number of nitrogens with zero attached hydrogens (tertiary/aromatic N) is 2. The van der Waals surface area contributed by atoms with E-state index in [4.69, 9.17) is 9.72 Å². The SMILES string of the molecule is CNC1CCCc2nc(N(C)CC3CCOCC3)sc21. The highest BCUT2D eigenvalue weighted by molar-refractivity contribution is 7.15. The molecule has 0 amide bonds. The first-order chi connectivity index (χ1) is 9.78. The first kappa shape index (κ1) is 14.3. The van der Waals surface area contributed by atoms with Crippen LogP contribution in [0.5, 0.6) is 0 Å². The average molecular weight is 295 g/mol. The van der Waals surface area contributed by atoms with Crippen LogP contribution in [-0.2, 0) is 11.2 Å². The number of aryl methyl sites for hydroxylation is 1. The third-order valence-electron chi connectivity index (χ3n) is 4.49. The Kier molecular flexibility index (Phi) is 4.58. The van der Waals surface area contributed by atoms with Gasteiger partial charge in [-0.3, -0.25) is 0 Å². The number of fused-ring (bicyclic) bond motifs is 1. The highest BCUT2D eigenvalue weighted by Crippen LogP contribution is 2.37. The Hall–Kier alpha value is -0.650. The third-order valence-corrected chi connectivity index (χ3v) is 5.81. The van der Waals surface area contributed by atoms with Gasteiger partial charge in [-0.05, 0) is 45.1 Å². The van der Waals surface area contributed by atoms with Crippen molar-refractivity contribution in [1.82, 2.24) is 10.3 Å². The summed E-state index contributed by atoms with van der Waals surface area (Å²) in [5.41, 5.74) is 1.33. The van der Waals surface area contributed by atoms with Crippen LogP contribution in [0, 0.1) is 5.92 Å². The topological polar surface area (TPSA) is 37.4 Å². The van der Waals surface area contributed by atoms with Crippen LogP contribution in [0.25, 0.3) is 0 Å². The molecule has 1 atom stereocenters. The molecular formula is C15H25N3OS. The minimum atomic E-state index is 0.515. The molecule has 112 valence electrons. The molecule has 4 nitrogen and oxygen atoms in total. The van der Waals surface area contributed by atoms with Gasteiger partial charge in [0, 0.05) is 37.7 Å². The van der Waals surface area contributed by atoms with Gasteiger partial charge in [0.2, 0.25) is 0 Å². The van der Waals surface area contributed by atoms with Gasteiger partial charge in [0.05, 0.1) is 5.69 Å². The minimum absolute atomic E-state index is 0.515. The Labute approximate surface area is 125 Å². The largest absolute Gasteiger partial charge is 0.381 e. The minimum Gasteiger partial charge on any atom is -0.381 e. The Balaban J connectivity index is 1.68. The first-order valence-corrected chi connectivity index (χ1v) is 8.55. The van der Waals surface area contributed by atoms with Crippen LogP contribution >= 0.6 is 11.3 Å². The summed E-state index contributed by atoms with van der Waals surface area (Å²) in [4.78, 5) is 8.71. The molecule has 20 heavy (non-hydrogen) atoms. The smallest absolute Gasteiger partial charge is 0.185 e. The third kappa shape index (κ3) is 3.00. The van der Waals surface area contributed by atoms with E-state index in [0.29, 0.717) is 6.04 Å². The number of rotatable bonds is 4. The van der Waals surface area contributed by atoms with Crippen LogP contribution < -0.4 is 10.2 Å². The average Bonchev–Trinajstić information content (AvgIpc) is 2.92. The molecule has 1 N–H and O–H groups in total. The molecule has 2 heterocycles. The van der Waals surface area contributed by atoms with E-state index in [2.05, 4.69) is 24.3 Å². The van der Waals surface area contributed by atoms with Gasteiger partial charge in [-0.2, -0.15) is 0 Å². The maximum absolute atomic E-state index is 5.44. The molecule has 0 bridgehead atoms. The molecule has 1 unspecified atom stereocenters. The van der Waals surface area contributed by atoms with Gasteiger partial charge in [-0.1, -0.05) is 11.3 Å². The Morgan fingerprint density at radius 3 is 2.90 bits per heavy atom. The van der Waals surface area contributed by atoms with Crippen molar-refractivity contribution in [3.8, 4) is 0 Å². The van der Waals surface area contributed by atoms with Gasteiger partial charge in [0.25, 0.3) is 0 Å². The van der Waals surface area contributed by atoms with Gasteiger partial charge in [-0.15, -0.1) is 0 Å². The van der Waals surface area contributed by atoms with Crippen LogP contribution in [0.15, 0.2) is 0 Å². The molecule has 0 spiro atoms. The second kappa shape index (κ2) is 6.41. The number of nitrogens with one attached hydrogen (secondary N) is 1. The number of aromatic nitrogens is 1. The van der Waals surface area contributed by atoms with E-state index in [1.54, 1.807) is 0 Å². The molecule has 3 rings (SSSR count). The number of anilines is 1. The number of hydrogen-bond donors (Lipinski definition) is 1. The molecule has 1 aromatic rings. The molecule has 0 saturated carbocycles. The summed E-state index contributed by atoms with van der Waals surface area (Å²) in [6, 6.07) is 0.515. The lowest BCUT2D eigenvalue weighted by atomic mass is 9.98. The van der Waals surface area contributed by atoms with Crippen LogP contribution in [0.1, 0.15) is 42.3 Å². The molecule has 1 fully saturated rings. The van der Waals surface area contributed by atoms with Gasteiger partial charge < -0.3 is 15.0 Å². The van der Waals surface area contributed by atoms with E-state index in [1.807, 2.05) is 11.3 Å². The van der Waals surface area contributed by atoms with E-state index >= 15 is 0 Å². The Bertz CT molecular complexity index is 442. The van der Waals surface area contributed by atoms with Crippen molar-refractivity contribution in [1.29, 1.82) is 0 Å². The van der Waals surface area contributed by atoms with E-state index in [1.165, 1.54) is 41.4 Å². The second-order valence-corrected chi connectivity index (χ2v) is 6.99. The fraction of sp³-hybridized carbons (Fsp3) is 0.800. The van der Waals surface area contributed by atoms with Crippen LogP contribution in [0.4, 0.5) is 5.13 Å². The summed E-state index contributed by atoms with van der Waals surface area (Å²) < 4.78 is 5.44. The molecule has 1 aromatic heterocycles. The monoisotopic (exact) mass is 295 g/mol. The standard InChI is InChI=1S/C15H25N3OS/c1-16-12-4-3-5-13-14(12)20-15(17-13)18(2)10-11-6-8-19-9-7-11/h11-12,16H,3-10H2,1-2H3. The molecule has 0 radical (unpaired) electrons. The normalized spacial score (nSPS) is 23.6. The van der Waals surface area contributed by atoms with Crippen molar-refractivity contribution in [2.45, 2.75) is 38.1 Å². The lowest BCUT2D eigenvalue weighted by molar-refractivity contribution is 0.0685. The zero-order valence-corrected chi connectivity index (χ0v) is 13.3. The van der Waals surface area contributed by atoms with Gasteiger partial charge in [-0.25, -0.2) is 4.98 Å². The van der Waals surface area contributed by atoms with Gasteiger partial charge in [0.1, 0.15) is 0 Å². The summed E-state index contributed by atoms with van der Waals surface area (Å²) in [6.07, 6.45) is 6.03. The Morgan fingerprint density at radius 2 is 2.15 bits per heavy atom. The predicted molar refractivity (Wildman–Crippen MR) is 83.7 cm³/mol. The summed E-state index contributed by atoms with van der Waals surface area (Å²) in [5.74, 6) is 0.759. The van der Waals surface area contributed by atoms with Crippen LogP contribution in [0.3, 0.4) is 0 Å². The molecule has 5 heteroatoms. The molecule has 1 aliphatic heterocycles. The van der Waals surface area contributed by atoms with Gasteiger partial charge in [0.15, 0.2) is 5.13 Å². The predicted octanol–water partition coefficient (Wildman–Crippen LogP) is 2.60. The summed E-state index contributed by atoms with van der Waals surface area (Å²) in [6.45, 7) is 2.96. The van der Waals surface area contributed by atoms with Crippen molar-refractivity contribution in [2.75, 3.05) is 38.8 Å². The maximum atomic E-state index is 5.44. The molecule has 1 saturated heterocycles. The zero-order chi connectivity index (χ0) is 13.9. The van der Waals surface area contributed by atoms with Crippen molar-refractivity contribution in [3.63, 3.8) is 0 Å². The molecule has 1 aliphatic carbocycles. The summed E-state index contributed by atoms with van der Waals surface area (Å²) >= 11 is 1.89. The fourth-order valence-electron chi connectivity index (χ4n) is 3.24. The van der Waals surface area contributed by atoms with E-state index < -0.39 is 0 Å². The molecule has 2 aliphatic rings. The maximum Gasteiger partial charge on any atom is 0.185 e. The van der Waals surface area contributed by atoms with E-state index in [-0.39, 0.29) is 0 Å².